The van der Waals surface area contributed by atoms with E-state index in [1.165, 1.54) is 12.1 Å². The Bertz CT molecular complexity index is 383. The maximum Gasteiger partial charge on any atom is 0.168 e. The summed E-state index contributed by atoms with van der Waals surface area (Å²) in [4.78, 5) is 11.9. The Kier molecular flexibility index (Phi) is 3.06. The van der Waals surface area contributed by atoms with Crippen LogP contribution >= 0.6 is 11.6 Å². The monoisotopic (exact) mass is 226 g/mol. The third-order valence-electron chi connectivity index (χ3n) is 2.92. The zero-order chi connectivity index (χ0) is 10.8. The fraction of sp³-hybridized carbons (Fsp3) is 0.417. The lowest BCUT2D eigenvalue weighted by Gasteiger charge is -2.08. The van der Waals surface area contributed by atoms with Crippen LogP contribution < -0.4 is 0 Å². The molecule has 1 aliphatic rings. The van der Waals surface area contributed by atoms with Gasteiger partial charge in [-0.15, -0.1) is 0 Å². The lowest BCUT2D eigenvalue weighted by molar-refractivity contribution is 0.0919. The van der Waals surface area contributed by atoms with E-state index in [9.17, 15) is 9.18 Å². The summed E-state index contributed by atoms with van der Waals surface area (Å²) < 4.78 is 13.4. The van der Waals surface area contributed by atoms with E-state index >= 15 is 0 Å². The average Bonchev–Trinajstić information content (AvgIpc) is 2.69. The van der Waals surface area contributed by atoms with Crippen LogP contribution in [0.15, 0.2) is 18.2 Å². The van der Waals surface area contributed by atoms with Gasteiger partial charge in [0.1, 0.15) is 5.82 Å². The Balaban J connectivity index is 2.24. The number of halogens is 2. The number of hydrogen-bond acceptors (Lipinski definition) is 1. The Labute approximate surface area is 93.2 Å². The Morgan fingerprint density at radius 3 is 2.60 bits per heavy atom. The normalized spacial score (nSPS) is 16.9. The smallest absolute Gasteiger partial charge is 0.168 e. The van der Waals surface area contributed by atoms with Gasteiger partial charge in [0, 0.05) is 10.9 Å². The molecule has 0 aromatic heterocycles. The van der Waals surface area contributed by atoms with Crippen molar-refractivity contribution in [2.24, 2.45) is 5.92 Å². The first-order valence-corrected chi connectivity index (χ1v) is 5.55. The molecule has 2 rings (SSSR count). The van der Waals surface area contributed by atoms with Gasteiger partial charge in [0.25, 0.3) is 0 Å². The van der Waals surface area contributed by atoms with Gasteiger partial charge in [-0.1, -0.05) is 24.4 Å². The van der Waals surface area contributed by atoms with Gasteiger partial charge < -0.3 is 0 Å². The highest BCUT2D eigenvalue weighted by atomic mass is 35.5. The van der Waals surface area contributed by atoms with Crippen molar-refractivity contribution in [2.75, 3.05) is 0 Å². The van der Waals surface area contributed by atoms with Gasteiger partial charge in [0.05, 0.1) is 5.56 Å². The quantitative estimate of drug-likeness (QED) is 0.700. The molecular formula is C12H12ClFO. The molecule has 1 aromatic rings. The van der Waals surface area contributed by atoms with Gasteiger partial charge in [-0.05, 0) is 31.0 Å². The Morgan fingerprint density at radius 1 is 1.33 bits per heavy atom. The van der Waals surface area contributed by atoms with E-state index in [1.807, 2.05) is 0 Å². The van der Waals surface area contributed by atoms with E-state index < -0.39 is 5.82 Å². The van der Waals surface area contributed by atoms with Gasteiger partial charge in [-0.3, -0.25) is 4.79 Å². The lowest BCUT2D eigenvalue weighted by Crippen LogP contribution is -2.12. The molecule has 3 heteroatoms. The number of hydrogen-bond donors (Lipinski definition) is 0. The second kappa shape index (κ2) is 4.31. The van der Waals surface area contributed by atoms with Crippen molar-refractivity contribution in [3.05, 3.63) is 34.6 Å². The fourth-order valence-electron chi connectivity index (χ4n) is 2.10. The minimum absolute atomic E-state index is 0.0145. The summed E-state index contributed by atoms with van der Waals surface area (Å²) in [5.74, 6) is -0.554. The van der Waals surface area contributed by atoms with Crippen LogP contribution in [0.4, 0.5) is 4.39 Å². The third-order valence-corrected chi connectivity index (χ3v) is 3.16. The van der Waals surface area contributed by atoms with Gasteiger partial charge in [-0.2, -0.15) is 0 Å². The zero-order valence-corrected chi connectivity index (χ0v) is 9.06. The molecule has 0 saturated heterocycles. The molecule has 1 aromatic carbocycles. The molecule has 15 heavy (non-hydrogen) atoms. The van der Waals surface area contributed by atoms with E-state index in [0.29, 0.717) is 5.02 Å². The van der Waals surface area contributed by atoms with Crippen LogP contribution in [-0.4, -0.2) is 5.78 Å². The molecule has 0 unspecified atom stereocenters. The second-order valence-corrected chi connectivity index (χ2v) is 4.41. The first-order chi connectivity index (χ1) is 7.18. The average molecular weight is 227 g/mol. The van der Waals surface area contributed by atoms with Crippen LogP contribution in [0.1, 0.15) is 36.0 Å². The highest BCUT2D eigenvalue weighted by Crippen LogP contribution is 2.29. The van der Waals surface area contributed by atoms with Crippen LogP contribution in [0, 0.1) is 11.7 Å². The molecule has 1 saturated carbocycles. The number of rotatable bonds is 2. The summed E-state index contributed by atoms with van der Waals surface area (Å²) in [6.07, 6.45) is 3.93. The van der Waals surface area contributed by atoms with Crippen molar-refractivity contribution in [3.63, 3.8) is 0 Å². The number of carbonyl (C=O) groups is 1. The molecule has 1 aliphatic carbocycles. The van der Waals surface area contributed by atoms with Crippen molar-refractivity contribution in [1.29, 1.82) is 0 Å². The number of carbonyl (C=O) groups excluding carboxylic acids is 1. The molecule has 0 aliphatic heterocycles. The maximum absolute atomic E-state index is 13.4. The molecule has 0 bridgehead atoms. The Morgan fingerprint density at radius 2 is 2.00 bits per heavy atom. The number of ketones is 1. The highest BCUT2D eigenvalue weighted by Gasteiger charge is 2.25. The topological polar surface area (TPSA) is 17.1 Å². The van der Waals surface area contributed by atoms with E-state index in [2.05, 4.69) is 0 Å². The van der Waals surface area contributed by atoms with Gasteiger partial charge >= 0.3 is 0 Å². The second-order valence-electron chi connectivity index (χ2n) is 3.97. The maximum atomic E-state index is 13.4. The fourth-order valence-corrected chi connectivity index (χ4v) is 2.26. The van der Waals surface area contributed by atoms with E-state index in [4.69, 9.17) is 11.6 Å². The standard InChI is InChI=1S/C12H12ClFO/c13-9-5-6-10(11(14)7-9)12(15)8-3-1-2-4-8/h5-8H,1-4H2. The summed E-state index contributed by atoms with van der Waals surface area (Å²) in [7, 11) is 0. The van der Waals surface area contributed by atoms with E-state index in [0.717, 1.165) is 25.7 Å². The molecule has 0 N–H and O–H groups in total. The minimum Gasteiger partial charge on any atom is -0.294 e. The summed E-state index contributed by atoms with van der Waals surface area (Å²) in [5.41, 5.74) is 0.186. The van der Waals surface area contributed by atoms with Crippen molar-refractivity contribution >= 4 is 17.4 Å². The van der Waals surface area contributed by atoms with Crippen LogP contribution in [-0.2, 0) is 0 Å². The summed E-state index contributed by atoms with van der Waals surface area (Å²) in [6.45, 7) is 0. The first-order valence-electron chi connectivity index (χ1n) is 5.18. The molecular weight excluding hydrogens is 215 g/mol. The van der Waals surface area contributed by atoms with Crippen LogP contribution in [0.25, 0.3) is 0 Å². The minimum atomic E-state index is -0.501. The van der Waals surface area contributed by atoms with Gasteiger partial charge in [-0.25, -0.2) is 4.39 Å². The predicted octanol–water partition coefficient (Wildman–Crippen LogP) is 3.85. The van der Waals surface area contributed by atoms with Crippen LogP contribution in [0.5, 0.6) is 0 Å². The number of benzene rings is 1. The Hall–Kier alpha value is -0.890. The largest absolute Gasteiger partial charge is 0.294 e. The van der Waals surface area contributed by atoms with Crippen LogP contribution in [0.3, 0.4) is 0 Å². The molecule has 0 amide bonds. The van der Waals surface area contributed by atoms with Crippen molar-refractivity contribution in [1.82, 2.24) is 0 Å². The number of Topliss-reactive ketones (excluding diaryl/α,β-unsaturated/α-hetero) is 1. The van der Waals surface area contributed by atoms with Gasteiger partial charge in [0.2, 0.25) is 0 Å². The van der Waals surface area contributed by atoms with E-state index in [1.54, 1.807) is 6.07 Å². The SMILES string of the molecule is O=C(c1ccc(Cl)cc1F)C1CCCC1. The molecule has 1 nitrogen and oxygen atoms in total. The highest BCUT2D eigenvalue weighted by molar-refractivity contribution is 6.30. The third kappa shape index (κ3) is 2.20. The van der Waals surface area contributed by atoms with Crippen molar-refractivity contribution in [2.45, 2.75) is 25.7 Å². The summed E-state index contributed by atoms with van der Waals surface area (Å²) >= 11 is 5.63. The molecule has 0 spiro atoms. The van der Waals surface area contributed by atoms with Crippen LogP contribution in [0.2, 0.25) is 5.02 Å². The van der Waals surface area contributed by atoms with Gasteiger partial charge in [0.15, 0.2) is 5.78 Å². The predicted molar refractivity (Wildman–Crippen MR) is 57.7 cm³/mol. The summed E-state index contributed by atoms with van der Waals surface area (Å²) in [6, 6.07) is 4.24. The lowest BCUT2D eigenvalue weighted by atomic mass is 9.96. The van der Waals surface area contributed by atoms with E-state index in [-0.39, 0.29) is 17.3 Å². The molecule has 1 fully saturated rings. The molecule has 80 valence electrons. The summed E-state index contributed by atoms with van der Waals surface area (Å²) in [5, 5.41) is 0.329. The molecule has 0 heterocycles. The molecule has 0 atom stereocenters. The first kappa shape index (κ1) is 10.6. The van der Waals surface area contributed by atoms with Crippen molar-refractivity contribution in [3.8, 4) is 0 Å². The zero-order valence-electron chi connectivity index (χ0n) is 8.30. The van der Waals surface area contributed by atoms with Crippen molar-refractivity contribution < 1.29 is 9.18 Å². The molecule has 0 radical (unpaired) electrons.